The summed E-state index contributed by atoms with van der Waals surface area (Å²) in [7, 11) is 0. The number of amides is 2. The lowest BCUT2D eigenvalue weighted by Crippen LogP contribution is -2.43. The molecule has 1 heterocycles. The minimum absolute atomic E-state index is 0.00633. The molecule has 0 aliphatic carbocycles. The van der Waals surface area contributed by atoms with Gasteiger partial charge in [-0.2, -0.15) is 0 Å². The van der Waals surface area contributed by atoms with Gasteiger partial charge in [-0.1, -0.05) is 30.3 Å². The van der Waals surface area contributed by atoms with E-state index in [-0.39, 0.29) is 24.5 Å². The van der Waals surface area contributed by atoms with Crippen molar-refractivity contribution in [3.05, 3.63) is 35.9 Å². The van der Waals surface area contributed by atoms with Gasteiger partial charge in [0.15, 0.2) is 0 Å². The molecule has 1 aliphatic heterocycles. The minimum atomic E-state index is -0.873. The number of aliphatic carboxylic acids is 1. The Morgan fingerprint density at radius 2 is 2.10 bits per heavy atom. The molecule has 2 atom stereocenters. The number of hydrogen-bond donors (Lipinski definition) is 3. The van der Waals surface area contributed by atoms with Crippen LogP contribution < -0.4 is 10.6 Å². The SMILES string of the molecule is O=C(O)CCC(NC(=O)NC1CCOC1)c1ccccc1. The van der Waals surface area contributed by atoms with Crippen molar-refractivity contribution in [2.75, 3.05) is 13.2 Å². The highest BCUT2D eigenvalue weighted by Gasteiger charge is 2.20. The number of urea groups is 1. The second-order valence-electron chi connectivity index (χ2n) is 5.07. The maximum Gasteiger partial charge on any atom is 0.315 e. The summed E-state index contributed by atoms with van der Waals surface area (Å²) in [6.45, 7) is 1.19. The fraction of sp³-hybridized carbons (Fsp3) is 0.467. The van der Waals surface area contributed by atoms with Crippen LogP contribution in [0.2, 0.25) is 0 Å². The van der Waals surface area contributed by atoms with Crippen LogP contribution in [0.4, 0.5) is 4.79 Å². The van der Waals surface area contributed by atoms with Gasteiger partial charge in [0.1, 0.15) is 0 Å². The topological polar surface area (TPSA) is 87.7 Å². The van der Waals surface area contributed by atoms with Crippen molar-refractivity contribution in [2.24, 2.45) is 0 Å². The second kappa shape index (κ2) is 7.64. The Kier molecular flexibility index (Phi) is 5.57. The summed E-state index contributed by atoms with van der Waals surface area (Å²) in [6.07, 6.45) is 1.17. The third kappa shape index (κ3) is 5.07. The van der Waals surface area contributed by atoms with Gasteiger partial charge in [-0.15, -0.1) is 0 Å². The Morgan fingerprint density at radius 3 is 2.71 bits per heavy atom. The van der Waals surface area contributed by atoms with Crippen LogP contribution in [0.1, 0.15) is 30.9 Å². The van der Waals surface area contributed by atoms with E-state index in [0.29, 0.717) is 19.6 Å². The van der Waals surface area contributed by atoms with E-state index < -0.39 is 5.97 Å². The lowest BCUT2D eigenvalue weighted by molar-refractivity contribution is -0.137. The second-order valence-corrected chi connectivity index (χ2v) is 5.07. The average Bonchev–Trinajstić information content (AvgIpc) is 2.97. The molecule has 1 aromatic carbocycles. The molecule has 2 unspecified atom stereocenters. The highest BCUT2D eigenvalue weighted by atomic mass is 16.5. The zero-order valence-corrected chi connectivity index (χ0v) is 11.7. The van der Waals surface area contributed by atoms with Crippen molar-refractivity contribution in [3.8, 4) is 0 Å². The molecule has 1 aliphatic rings. The van der Waals surface area contributed by atoms with Crippen molar-refractivity contribution >= 4 is 12.0 Å². The molecule has 21 heavy (non-hydrogen) atoms. The summed E-state index contributed by atoms with van der Waals surface area (Å²) in [5.41, 5.74) is 0.900. The van der Waals surface area contributed by atoms with Crippen LogP contribution in [0.3, 0.4) is 0 Å². The van der Waals surface area contributed by atoms with Crippen LogP contribution in [0, 0.1) is 0 Å². The Labute approximate surface area is 123 Å². The number of carbonyl (C=O) groups excluding carboxylic acids is 1. The maximum atomic E-state index is 12.0. The number of hydrogen-bond acceptors (Lipinski definition) is 3. The third-order valence-electron chi connectivity index (χ3n) is 3.42. The van der Waals surface area contributed by atoms with Gasteiger partial charge in [-0.3, -0.25) is 4.79 Å². The molecule has 2 amide bonds. The fourth-order valence-electron chi connectivity index (χ4n) is 2.31. The van der Waals surface area contributed by atoms with E-state index in [9.17, 15) is 9.59 Å². The molecule has 0 bridgehead atoms. The molecular formula is C15H20N2O4. The molecule has 1 aromatic rings. The van der Waals surface area contributed by atoms with Crippen LogP contribution in [-0.2, 0) is 9.53 Å². The summed E-state index contributed by atoms with van der Waals surface area (Å²) in [4.78, 5) is 22.8. The lowest BCUT2D eigenvalue weighted by Gasteiger charge is -2.20. The number of rotatable bonds is 6. The maximum absolute atomic E-state index is 12.0. The molecule has 0 saturated carbocycles. The summed E-state index contributed by atoms with van der Waals surface area (Å²) in [5, 5.41) is 14.5. The van der Waals surface area contributed by atoms with Crippen LogP contribution in [-0.4, -0.2) is 36.4 Å². The molecular weight excluding hydrogens is 272 g/mol. The standard InChI is InChI=1S/C15H20N2O4/c18-14(19)7-6-13(11-4-2-1-3-5-11)17-15(20)16-12-8-9-21-10-12/h1-5,12-13H,6-10H2,(H,18,19)(H2,16,17,20). The number of ether oxygens (including phenoxy) is 1. The van der Waals surface area contributed by atoms with Crippen molar-refractivity contribution in [3.63, 3.8) is 0 Å². The molecule has 2 rings (SSSR count). The highest BCUT2D eigenvalue weighted by molar-refractivity contribution is 5.75. The normalized spacial score (nSPS) is 19.0. The van der Waals surface area contributed by atoms with E-state index in [0.717, 1.165) is 12.0 Å². The predicted molar refractivity (Wildman–Crippen MR) is 76.9 cm³/mol. The Balaban J connectivity index is 1.94. The van der Waals surface area contributed by atoms with Crippen molar-refractivity contribution in [1.29, 1.82) is 0 Å². The van der Waals surface area contributed by atoms with Gasteiger partial charge < -0.3 is 20.5 Å². The Morgan fingerprint density at radius 1 is 1.33 bits per heavy atom. The zero-order chi connectivity index (χ0) is 15.1. The molecule has 0 aromatic heterocycles. The van der Waals surface area contributed by atoms with Gasteiger partial charge in [0.05, 0.1) is 18.7 Å². The van der Waals surface area contributed by atoms with Gasteiger partial charge in [-0.25, -0.2) is 4.79 Å². The number of carboxylic acids is 1. The molecule has 0 spiro atoms. The largest absolute Gasteiger partial charge is 0.481 e. The monoisotopic (exact) mass is 292 g/mol. The van der Waals surface area contributed by atoms with Crippen LogP contribution in [0.5, 0.6) is 0 Å². The van der Waals surface area contributed by atoms with Crippen LogP contribution in [0.15, 0.2) is 30.3 Å². The zero-order valence-electron chi connectivity index (χ0n) is 11.7. The molecule has 1 saturated heterocycles. The third-order valence-corrected chi connectivity index (χ3v) is 3.42. The number of carboxylic acid groups (broad SMARTS) is 1. The molecule has 0 radical (unpaired) electrons. The summed E-state index contributed by atoms with van der Waals surface area (Å²) >= 11 is 0. The van der Waals surface area contributed by atoms with E-state index in [1.807, 2.05) is 30.3 Å². The summed E-state index contributed by atoms with van der Waals surface area (Å²) < 4.78 is 5.21. The van der Waals surface area contributed by atoms with Gasteiger partial charge in [-0.05, 0) is 18.4 Å². The van der Waals surface area contributed by atoms with Crippen LogP contribution >= 0.6 is 0 Å². The predicted octanol–water partition coefficient (Wildman–Crippen LogP) is 1.68. The summed E-state index contributed by atoms with van der Waals surface area (Å²) in [5.74, 6) is -0.873. The van der Waals surface area contributed by atoms with Crippen molar-refractivity contribution < 1.29 is 19.4 Å². The highest BCUT2D eigenvalue weighted by Crippen LogP contribution is 2.18. The quantitative estimate of drug-likeness (QED) is 0.744. The number of carbonyl (C=O) groups is 2. The van der Waals surface area contributed by atoms with Gasteiger partial charge in [0.2, 0.25) is 0 Å². The van der Waals surface area contributed by atoms with E-state index >= 15 is 0 Å². The number of nitrogens with one attached hydrogen (secondary N) is 2. The minimum Gasteiger partial charge on any atom is -0.481 e. The first-order chi connectivity index (χ1) is 10.1. The molecule has 1 fully saturated rings. The van der Waals surface area contributed by atoms with Gasteiger partial charge in [0, 0.05) is 13.0 Å². The molecule has 3 N–H and O–H groups in total. The van der Waals surface area contributed by atoms with E-state index in [2.05, 4.69) is 10.6 Å². The van der Waals surface area contributed by atoms with Crippen molar-refractivity contribution in [1.82, 2.24) is 10.6 Å². The number of benzene rings is 1. The Bertz CT molecular complexity index is 472. The van der Waals surface area contributed by atoms with E-state index in [1.54, 1.807) is 0 Å². The molecule has 114 valence electrons. The van der Waals surface area contributed by atoms with Crippen LogP contribution in [0.25, 0.3) is 0 Å². The average molecular weight is 292 g/mol. The van der Waals surface area contributed by atoms with Crippen molar-refractivity contribution in [2.45, 2.75) is 31.3 Å². The first-order valence-corrected chi connectivity index (χ1v) is 7.06. The smallest absolute Gasteiger partial charge is 0.315 e. The van der Waals surface area contributed by atoms with E-state index in [1.165, 1.54) is 0 Å². The van der Waals surface area contributed by atoms with E-state index in [4.69, 9.17) is 9.84 Å². The first kappa shape index (κ1) is 15.3. The van der Waals surface area contributed by atoms with Gasteiger partial charge >= 0.3 is 12.0 Å². The summed E-state index contributed by atoms with van der Waals surface area (Å²) in [6, 6.07) is 8.81. The molecule has 6 nitrogen and oxygen atoms in total. The Hall–Kier alpha value is -2.08. The lowest BCUT2D eigenvalue weighted by atomic mass is 10.0. The van der Waals surface area contributed by atoms with Gasteiger partial charge in [0.25, 0.3) is 0 Å². The first-order valence-electron chi connectivity index (χ1n) is 7.06. The molecule has 6 heteroatoms. The fourth-order valence-corrected chi connectivity index (χ4v) is 2.31.